The fourth-order valence-electron chi connectivity index (χ4n) is 1.62. The van der Waals surface area contributed by atoms with Gasteiger partial charge in [-0.2, -0.15) is 5.10 Å². The SMILES string of the molecule is CCCNC(=S)NCCCn1nc(C)c(Cl)c1C. The molecule has 102 valence electrons. The van der Waals surface area contributed by atoms with Crippen LogP contribution in [-0.2, 0) is 6.54 Å². The predicted molar refractivity (Wildman–Crippen MR) is 80.2 cm³/mol. The molecule has 0 aliphatic rings. The molecule has 0 bridgehead atoms. The number of aromatic nitrogens is 2. The monoisotopic (exact) mass is 288 g/mol. The van der Waals surface area contributed by atoms with Gasteiger partial charge in [0.25, 0.3) is 0 Å². The molecule has 0 aliphatic carbocycles. The Kier molecular flexibility index (Phi) is 6.43. The average molecular weight is 289 g/mol. The molecule has 0 amide bonds. The van der Waals surface area contributed by atoms with Crippen LogP contribution < -0.4 is 10.6 Å². The highest BCUT2D eigenvalue weighted by molar-refractivity contribution is 7.80. The Bertz CT molecular complexity index is 403. The van der Waals surface area contributed by atoms with Crippen molar-refractivity contribution in [2.75, 3.05) is 13.1 Å². The van der Waals surface area contributed by atoms with E-state index in [0.29, 0.717) is 0 Å². The van der Waals surface area contributed by atoms with E-state index in [0.717, 1.165) is 54.0 Å². The molecule has 1 rings (SSSR count). The van der Waals surface area contributed by atoms with Crippen LogP contribution in [0.5, 0.6) is 0 Å². The summed E-state index contributed by atoms with van der Waals surface area (Å²) in [6.45, 7) is 8.63. The van der Waals surface area contributed by atoms with E-state index in [-0.39, 0.29) is 0 Å². The highest BCUT2D eigenvalue weighted by Gasteiger charge is 2.08. The van der Waals surface area contributed by atoms with Crippen LogP contribution in [0.25, 0.3) is 0 Å². The van der Waals surface area contributed by atoms with E-state index in [2.05, 4.69) is 22.7 Å². The lowest BCUT2D eigenvalue weighted by Crippen LogP contribution is -2.36. The van der Waals surface area contributed by atoms with Gasteiger partial charge in [0.1, 0.15) is 0 Å². The second kappa shape index (κ2) is 7.59. The molecule has 1 heterocycles. The lowest BCUT2D eigenvalue weighted by molar-refractivity contribution is 0.556. The Morgan fingerprint density at radius 1 is 1.33 bits per heavy atom. The first kappa shape index (κ1) is 15.2. The first-order chi connectivity index (χ1) is 8.56. The zero-order valence-corrected chi connectivity index (χ0v) is 12.8. The molecule has 1 aromatic heterocycles. The molecule has 6 heteroatoms. The number of nitrogens with zero attached hydrogens (tertiary/aromatic N) is 2. The van der Waals surface area contributed by atoms with E-state index in [1.807, 2.05) is 18.5 Å². The summed E-state index contributed by atoms with van der Waals surface area (Å²) in [5.41, 5.74) is 1.92. The third-order valence-electron chi connectivity index (χ3n) is 2.66. The van der Waals surface area contributed by atoms with Crippen LogP contribution in [0, 0.1) is 13.8 Å². The van der Waals surface area contributed by atoms with Crippen molar-refractivity contribution in [3.8, 4) is 0 Å². The van der Waals surface area contributed by atoms with Crippen molar-refractivity contribution in [2.45, 2.75) is 40.2 Å². The van der Waals surface area contributed by atoms with Crippen molar-refractivity contribution < 1.29 is 0 Å². The zero-order chi connectivity index (χ0) is 13.5. The molecule has 0 saturated heterocycles. The van der Waals surface area contributed by atoms with Crippen LogP contribution in [0.15, 0.2) is 0 Å². The normalized spacial score (nSPS) is 10.4. The number of aryl methyl sites for hydroxylation is 2. The Morgan fingerprint density at radius 2 is 2.00 bits per heavy atom. The summed E-state index contributed by atoms with van der Waals surface area (Å²) in [5.74, 6) is 0. The van der Waals surface area contributed by atoms with E-state index in [1.54, 1.807) is 0 Å². The maximum absolute atomic E-state index is 6.09. The third-order valence-corrected chi connectivity index (χ3v) is 3.50. The summed E-state index contributed by atoms with van der Waals surface area (Å²) in [7, 11) is 0. The van der Waals surface area contributed by atoms with Gasteiger partial charge in [0.05, 0.1) is 16.4 Å². The van der Waals surface area contributed by atoms with Gasteiger partial charge in [-0.1, -0.05) is 18.5 Å². The Morgan fingerprint density at radius 3 is 2.56 bits per heavy atom. The fraction of sp³-hybridized carbons (Fsp3) is 0.667. The summed E-state index contributed by atoms with van der Waals surface area (Å²) in [4.78, 5) is 0. The molecule has 2 N–H and O–H groups in total. The maximum atomic E-state index is 6.09. The number of halogens is 1. The van der Waals surface area contributed by atoms with Gasteiger partial charge < -0.3 is 10.6 Å². The summed E-state index contributed by atoms with van der Waals surface area (Å²) in [6.07, 6.45) is 2.04. The molecule has 0 radical (unpaired) electrons. The van der Waals surface area contributed by atoms with Crippen LogP contribution in [0.1, 0.15) is 31.2 Å². The summed E-state index contributed by atoms with van der Waals surface area (Å²) in [5, 5.41) is 12.2. The first-order valence-corrected chi connectivity index (χ1v) is 7.06. The second-order valence-electron chi connectivity index (χ2n) is 4.24. The van der Waals surface area contributed by atoms with Crippen molar-refractivity contribution in [3.63, 3.8) is 0 Å². The smallest absolute Gasteiger partial charge is 0.166 e. The lowest BCUT2D eigenvalue weighted by Gasteiger charge is -2.10. The highest BCUT2D eigenvalue weighted by Crippen LogP contribution is 2.18. The molecule has 4 nitrogen and oxygen atoms in total. The fourth-order valence-corrected chi connectivity index (χ4v) is 1.96. The van der Waals surface area contributed by atoms with Crippen LogP contribution in [0.2, 0.25) is 5.02 Å². The minimum absolute atomic E-state index is 0.725. The standard InChI is InChI=1S/C12H21ClN4S/c1-4-6-14-12(18)15-7-5-8-17-10(3)11(13)9(2)16-17/h4-8H2,1-3H3,(H2,14,15,18). The minimum atomic E-state index is 0.725. The van der Waals surface area contributed by atoms with Crippen molar-refractivity contribution >= 4 is 28.9 Å². The van der Waals surface area contributed by atoms with E-state index in [1.165, 1.54) is 0 Å². The first-order valence-electron chi connectivity index (χ1n) is 6.27. The van der Waals surface area contributed by atoms with Crippen molar-refractivity contribution in [2.24, 2.45) is 0 Å². The molecule has 1 aromatic rings. The Labute approximate surface area is 119 Å². The molecule has 0 aromatic carbocycles. The summed E-state index contributed by atoms with van der Waals surface area (Å²) >= 11 is 11.2. The summed E-state index contributed by atoms with van der Waals surface area (Å²) in [6, 6.07) is 0. The van der Waals surface area contributed by atoms with E-state index < -0.39 is 0 Å². The zero-order valence-electron chi connectivity index (χ0n) is 11.2. The highest BCUT2D eigenvalue weighted by atomic mass is 35.5. The third kappa shape index (κ3) is 4.46. The molecule has 0 unspecified atom stereocenters. The Balaban J connectivity index is 2.25. The topological polar surface area (TPSA) is 41.9 Å². The quantitative estimate of drug-likeness (QED) is 0.623. The average Bonchev–Trinajstić information content (AvgIpc) is 2.60. The molecule has 0 atom stereocenters. The minimum Gasteiger partial charge on any atom is -0.363 e. The number of thiocarbonyl (C=S) groups is 1. The molecular weight excluding hydrogens is 268 g/mol. The van der Waals surface area contributed by atoms with Crippen molar-refractivity contribution in [3.05, 3.63) is 16.4 Å². The maximum Gasteiger partial charge on any atom is 0.166 e. The van der Waals surface area contributed by atoms with Crippen molar-refractivity contribution in [1.82, 2.24) is 20.4 Å². The molecule has 18 heavy (non-hydrogen) atoms. The largest absolute Gasteiger partial charge is 0.363 e. The molecule has 0 saturated carbocycles. The van der Waals surface area contributed by atoms with Crippen LogP contribution in [0.4, 0.5) is 0 Å². The van der Waals surface area contributed by atoms with Crippen LogP contribution in [0.3, 0.4) is 0 Å². The van der Waals surface area contributed by atoms with Crippen molar-refractivity contribution in [1.29, 1.82) is 0 Å². The van der Waals surface area contributed by atoms with Gasteiger partial charge in [0.15, 0.2) is 5.11 Å². The van der Waals surface area contributed by atoms with Gasteiger partial charge in [-0.3, -0.25) is 4.68 Å². The second-order valence-corrected chi connectivity index (χ2v) is 5.03. The molecule has 0 spiro atoms. The summed E-state index contributed by atoms with van der Waals surface area (Å²) < 4.78 is 1.95. The van der Waals surface area contributed by atoms with Gasteiger partial charge in [-0.25, -0.2) is 0 Å². The number of nitrogens with one attached hydrogen (secondary N) is 2. The molecule has 0 aliphatic heterocycles. The van der Waals surface area contributed by atoms with Gasteiger partial charge >= 0.3 is 0 Å². The van der Waals surface area contributed by atoms with Gasteiger partial charge in [0.2, 0.25) is 0 Å². The predicted octanol–water partition coefficient (Wildman–Crippen LogP) is 2.42. The van der Waals surface area contributed by atoms with Gasteiger partial charge in [0, 0.05) is 19.6 Å². The number of hydrogen-bond donors (Lipinski definition) is 2. The molecular formula is C12H21ClN4S. The van der Waals surface area contributed by atoms with E-state index in [4.69, 9.17) is 23.8 Å². The van der Waals surface area contributed by atoms with Gasteiger partial charge in [-0.05, 0) is 38.9 Å². The number of hydrogen-bond acceptors (Lipinski definition) is 2. The van der Waals surface area contributed by atoms with Crippen LogP contribution in [-0.4, -0.2) is 28.0 Å². The van der Waals surface area contributed by atoms with E-state index >= 15 is 0 Å². The molecule has 0 fully saturated rings. The lowest BCUT2D eigenvalue weighted by atomic mass is 10.4. The van der Waals surface area contributed by atoms with Crippen LogP contribution >= 0.6 is 23.8 Å². The van der Waals surface area contributed by atoms with Gasteiger partial charge in [-0.15, -0.1) is 0 Å². The number of rotatable bonds is 6. The Hall–Kier alpha value is -0.810. The van der Waals surface area contributed by atoms with E-state index in [9.17, 15) is 0 Å².